The number of halogens is 1. The van der Waals surface area contributed by atoms with Crippen LogP contribution in [0, 0.1) is 5.41 Å². The first-order valence-electron chi connectivity index (χ1n) is 7.70. The average molecular weight is 318 g/mol. The molecule has 0 aromatic rings. The minimum Gasteiger partial charge on any atom is -0.396 e. The summed E-state index contributed by atoms with van der Waals surface area (Å²) in [5.41, 5.74) is 0.517. The SMILES string of the molecule is OCCCN(CC1(CBr)CCCCC1)C1CCC1. The lowest BCUT2D eigenvalue weighted by Crippen LogP contribution is -2.48. The second-order valence-electron chi connectivity index (χ2n) is 6.33. The van der Waals surface area contributed by atoms with Crippen molar-refractivity contribution >= 4 is 15.9 Å². The number of aliphatic hydroxyl groups is 1. The monoisotopic (exact) mass is 317 g/mol. The Morgan fingerprint density at radius 1 is 1.11 bits per heavy atom. The van der Waals surface area contributed by atoms with E-state index in [-0.39, 0.29) is 0 Å². The van der Waals surface area contributed by atoms with Gasteiger partial charge in [-0.05, 0) is 37.5 Å². The molecule has 2 saturated carbocycles. The highest BCUT2D eigenvalue weighted by Crippen LogP contribution is 2.40. The van der Waals surface area contributed by atoms with E-state index >= 15 is 0 Å². The van der Waals surface area contributed by atoms with Crippen LogP contribution in [0.4, 0.5) is 0 Å². The first-order valence-corrected chi connectivity index (χ1v) is 8.83. The van der Waals surface area contributed by atoms with E-state index in [1.165, 1.54) is 57.9 Å². The van der Waals surface area contributed by atoms with Crippen molar-refractivity contribution < 1.29 is 5.11 Å². The lowest BCUT2D eigenvalue weighted by atomic mass is 9.74. The van der Waals surface area contributed by atoms with Crippen molar-refractivity contribution in [1.82, 2.24) is 4.90 Å². The van der Waals surface area contributed by atoms with E-state index in [1.807, 2.05) is 0 Å². The lowest BCUT2D eigenvalue weighted by Gasteiger charge is -2.45. The highest BCUT2D eigenvalue weighted by Gasteiger charge is 2.35. The summed E-state index contributed by atoms with van der Waals surface area (Å²) in [5, 5.41) is 10.2. The Kier molecular flexibility index (Phi) is 5.96. The van der Waals surface area contributed by atoms with Gasteiger partial charge in [0.25, 0.3) is 0 Å². The van der Waals surface area contributed by atoms with E-state index < -0.39 is 0 Å². The fraction of sp³-hybridized carbons (Fsp3) is 1.00. The molecule has 0 aromatic heterocycles. The lowest BCUT2D eigenvalue weighted by molar-refractivity contribution is 0.0545. The summed E-state index contributed by atoms with van der Waals surface area (Å²) in [6.07, 6.45) is 12.1. The Morgan fingerprint density at radius 3 is 2.33 bits per heavy atom. The van der Waals surface area contributed by atoms with Crippen molar-refractivity contribution in [3.05, 3.63) is 0 Å². The minimum absolute atomic E-state index is 0.338. The molecule has 0 bridgehead atoms. The van der Waals surface area contributed by atoms with Crippen LogP contribution in [-0.4, -0.2) is 41.1 Å². The first-order chi connectivity index (χ1) is 8.79. The van der Waals surface area contributed by atoms with Crippen LogP contribution in [0.15, 0.2) is 0 Å². The van der Waals surface area contributed by atoms with Gasteiger partial charge in [0.2, 0.25) is 0 Å². The molecule has 0 amide bonds. The van der Waals surface area contributed by atoms with Gasteiger partial charge in [0.1, 0.15) is 0 Å². The standard InChI is InChI=1S/C15H28BrNO/c16-12-15(8-2-1-3-9-15)13-17(10-5-11-18)14-6-4-7-14/h14,18H,1-13H2. The fourth-order valence-corrected chi connectivity index (χ4v) is 4.22. The van der Waals surface area contributed by atoms with Crippen molar-refractivity contribution in [2.24, 2.45) is 5.41 Å². The molecular weight excluding hydrogens is 290 g/mol. The molecule has 2 rings (SSSR count). The zero-order valence-corrected chi connectivity index (χ0v) is 13.1. The van der Waals surface area contributed by atoms with Gasteiger partial charge in [0.05, 0.1) is 0 Å². The second kappa shape index (κ2) is 7.25. The number of nitrogens with zero attached hydrogens (tertiary/aromatic N) is 1. The Bertz CT molecular complexity index is 237. The summed E-state index contributed by atoms with van der Waals surface area (Å²) in [7, 11) is 0. The van der Waals surface area contributed by atoms with Gasteiger partial charge in [0.15, 0.2) is 0 Å². The van der Waals surface area contributed by atoms with E-state index in [0.29, 0.717) is 12.0 Å². The third-order valence-corrected chi connectivity index (χ3v) is 6.12. The highest BCUT2D eigenvalue weighted by molar-refractivity contribution is 9.09. The molecule has 0 aromatic carbocycles. The smallest absolute Gasteiger partial charge is 0.0443 e. The van der Waals surface area contributed by atoms with Crippen LogP contribution in [0.5, 0.6) is 0 Å². The Morgan fingerprint density at radius 2 is 1.83 bits per heavy atom. The molecule has 2 aliphatic rings. The maximum absolute atomic E-state index is 9.08. The summed E-state index contributed by atoms with van der Waals surface area (Å²) >= 11 is 3.78. The molecule has 3 heteroatoms. The molecule has 2 nitrogen and oxygen atoms in total. The maximum atomic E-state index is 9.08. The number of alkyl halides is 1. The number of hydrogen-bond donors (Lipinski definition) is 1. The average Bonchev–Trinajstić information content (AvgIpc) is 2.35. The largest absolute Gasteiger partial charge is 0.396 e. The zero-order chi connectivity index (χ0) is 12.8. The molecule has 1 N–H and O–H groups in total. The third kappa shape index (κ3) is 3.71. The summed E-state index contributed by atoms with van der Waals surface area (Å²) in [6.45, 7) is 2.68. The van der Waals surface area contributed by atoms with Crippen LogP contribution in [0.25, 0.3) is 0 Å². The van der Waals surface area contributed by atoms with E-state index in [2.05, 4.69) is 20.8 Å². The number of rotatable bonds is 7. The van der Waals surface area contributed by atoms with Gasteiger partial charge in [-0.2, -0.15) is 0 Å². The Hall–Kier alpha value is 0.400. The molecular formula is C15H28BrNO. The molecule has 0 aliphatic heterocycles. The van der Waals surface area contributed by atoms with Crippen molar-refractivity contribution in [3.63, 3.8) is 0 Å². The quantitative estimate of drug-likeness (QED) is 0.726. The van der Waals surface area contributed by atoms with Gasteiger partial charge in [-0.15, -0.1) is 0 Å². The van der Waals surface area contributed by atoms with Crippen molar-refractivity contribution in [1.29, 1.82) is 0 Å². The summed E-state index contributed by atoms with van der Waals surface area (Å²) in [5.74, 6) is 0. The molecule has 2 fully saturated rings. The molecule has 2 aliphatic carbocycles. The highest BCUT2D eigenvalue weighted by atomic mass is 79.9. The van der Waals surface area contributed by atoms with E-state index in [0.717, 1.165) is 24.3 Å². The summed E-state index contributed by atoms with van der Waals surface area (Å²) in [6, 6.07) is 0.814. The Labute approximate surface area is 120 Å². The molecule has 0 atom stereocenters. The maximum Gasteiger partial charge on any atom is 0.0443 e. The van der Waals surface area contributed by atoms with E-state index in [4.69, 9.17) is 5.11 Å². The van der Waals surface area contributed by atoms with E-state index in [9.17, 15) is 0 Å². The Balaban J connectivity index is 1.91. The number of hydrogen-bond acceptors (Lipinski definition) is 2. The predicted octanol–water partition coefficient (Wildman–Crippen LogP) is 3.57. The van der Waals surface area contributed by atoms with Crippen molar-refractivity contribution in [2.45, 2.75) is 63.8 Å². The second-order valence-corrected chi connectivity index (χ2v) is 6.89. The molecule has 0 spiro atoms. The molecule has 18 heavy (non-hydrogen) atoms. The summed E-state index contributed by atoms with van der Waals surface area (Å²) < 4.78 is 0. The van der Waals surface area contributed by atoms with Crippen LogP contribution < -0.4 is 0 Å². The molecule has 0 saturated heterocycles. The first kappa shape index (κ1) is 14.8. The predicted molar refractivity (Wildman–Crippen MR) is 80.2 cm³/mol. The molecule has 0 radical (unpaired) electrons. The van der Waals surface area contributed by atoms with Gasteiger partial charge < -0.3 is 5.11 Å². The fourth-order valence-electron chi connectivity index (χ4n) is 3.48. The van der Waals surface area contributed by atoms with Crippen LogP contribution in [0.2, 0.25) is 0 Å². The van der Waals surface area contributed by atoms with Crippen molar-refractivity contribution in [3.8, 4) is 0 Å². The van der Waals surface area contributed by atoms with Crippen molar-refractivity contribution in [2.75, 3.05) is 25.0 Å². The van der Waals surface area contributed by atoms with Crippen LogP contribution >= 0.6 is 15.9 Å². The van der Waals surface area contributed by atoms with Crippen LogP contribution in [-0.2, 0) is 0 Å². The third-order valence-electron chi connectivity index (χ3n) is 4.93. The van der Waals surface area contributed by atoms with E-state index in [1.54, 1.807) is 0 Å². The van der Waals surface area contributed by atoms with Gasteiger partial charge in [-0.25, -0.2) is 0 Å². The zero-order valence-electron chi connectivity index (χ0n) is 11.5. The normalized spacial score (nSPS) is 24.2. The molecule has 0 unspecified atom stereocenters. The molecule has 106 valence electrons. The minimum atomic E-state index is 0.338. The summed E-state index contributed by atoms with van der Waals surface area (Å²) in [4.78, 5) is 2.69. The topological polar surface area (TPSA) is 23.5 Å². The van der Waals surface area contributed by atoms with Crippen LogP contribution in [0.1, 0.15) is 57.8 Å². The van der Waals surface area contributed by atoms with Gasteiger partial charge in [-0.1, -0.05) is 41.6 Å². The van der Waals surface area contributed by atoms with Gasteiger partial charge in [-0.3, -0.25) is 4.90 Å². The van der Waals surface area contributed by atoms with Crippen LogP contribution in [0.3, 0.4) is 0 Å². The molecule has 0 heterocycles. The van der Waals surface area contributed by atoms with Gasteiger partial charge in [0, 0.05) is 31.1 Å². The van der Waals surface area contributed by atoms with Gasteiger partial charge >= 0.3 is 0 Å². The number of aliphatic hydroxyl groups excluding tert-OH is 1.